The monoisotopic (exact) mass is 453 g/mol. The summed E-state index contributed by atoms with van der Waals surface area (Å²) in [6, 6.07) is -1.17. The summed E-state index contributed by atoms with van der Waals surface area (Å²) in [5.74, 6) is -0.553. The quantitative estimate of drug-likeness (QED) is 0.448. The van der Waals surface area contributed by atoms with E-state index in [1.807, 2.05) is 41.7 Å². The maximum Gasteiger partial charge on any atom is 0.333 e. The van der Waals surface area contributed by atoms with E-state index in [9.17, 15) is 14.4 Å². The molecule has 1 fully saturated rings. The topological polar surface area (TPSA) is 79.0 Å². The summed E-state index contributed by atoms with van der Waals surface area (Å²) in [7, 11) is 3.70. The standard InChI is InChI=1S/C24H43N3O4.CH4/c1-10-31-23(30)17(4)15-19(16(2)3)27(9)22(29)20(24(5,6)7)25-21(28)18-13-11-12-14-26(18)8;/h15-16,18-20H,10-14H2,1-9H3,(H,25,28);1H4/b17-15+;/t18?,19-,20-;/m1./s1. The van der Waals surface area contributed by atoms with Gasteiger partial charge in [-0.05, 0) is 51.6 Å². The Hall–Kier alpha value is -1.89. The fourth-order valence-electron chi connectivity index (χ4n) is 3.96. The van der Waals surface area contributed by atoms with Crippen molar-refractivity contribution in [3.05, 3.63) is 11.6 Å². The van der Waals surface area contributed by atoms with Crippen molar-refractivity contribution in [2.75, 3.05) is 27.2 Å². The summed E-state index contributed by atoms with van der Waals surface area (Å²) >= 11 is 0. The van der Waals surface area contributed by atoms with Gasteiger partial charge in [0.1, 0.15) is 6.04 Å². The molecule has 1 N–H and O–H groups in total. The third-order valence-electron chi connectivity index (χ3n) is 5.97. The van der Waals surface area contributed by atoms with Gasteiger partial charge < -0.3 is 15.0 Å². The Kier molecular flexibility index (Phi) is 12.2. The number of hydrogen-bond donors (Lipinski definition) is 1. The molecule has 0 bridgehead atoms. The van der Waals surface area contributed by atoms with Gasteiger partial charge in [-0.25, -0.2) is 4.79 Å². The highest BCUT2D eigenvalue weighted by atomic mass is 16.5. The van der Waals surface area contributed by atoms with Crippen molar-refractivity contribution >= 4 is 17.8 Å². The zero-order valence-electron chi connectivity index (χ0n) is 20.9. The van der Waals surface area contributed by atoms with Crippen LogP contribution < -0.4 is 5.32 Å². The average Bonchev–Trinajstić information content (AvgIpc) is 2.68. The van der Waals surface area contributed by atoms with E-state index >= 15 is 0 Å². The van der Waals surface area contributed by atoms with Crippen molar-refractivity contribution in [2.45, 2.75) is 93.3 Å². The number of carbonyl (C=O) groups excluding carboxylic acids is 3. The molecule has 1 aliphatic heterocycles. The SMILES string of the molecule is C.CCOC(=O)/C(C)=C/[C@H](C(C)C)N(C)C(=O)[C@@H](NC(=O)C1CCCCN1C)C(C)(C)C. The van der Waals surface area contributed by atoms with E-state index in [1.54, 1.807) is 31.9 Å². The molecule has 1 heterocycles. The molecule has 0 saturated carbocycles. The summed E-state index contributed by atoms with van der Waals surface area (Å²) in [6.07, 6.45) is 4.70. The van der Waals surface area contributed by atoms with E-state index in [1.165, 1.54) is 0 Å². The van der Waals surface area contributed by atoms with Crippen molar-refractivity contribution in [3.63, 3.8) is 0 Å². The Morgan fingerprint density at radius 2 is 1.81 bits per heavy atom. The Balaban J connectivity index is 0.00000961. The number of likely N-dealkylation sites (N-methyl/N-ethyl adjacent to an activating group) is 2. The number of carbonyl (C=O) groups is 3. The van der Waals surface area contributed by atoms with Gasteiger partial charge in [-0.1, -0.05) is 54.5 Å². The molecule has 3 atom stereocenters. The number of nitrogens with zero attached hydrogens (tertiary/aromatic N) is 2. The van der Waals surface area contributed by atoms with Gasteiger partial charge in [0.05, 0.1) is 18.7 Å². The van der Waals surface area contributed by atoms with Gasteiger partial charge in [0, 0.05) is 12.6 Å². The van der Waals surface area contributed by atoms with Gasteiger partial charge in [0.15, 0.2) is 0 Å². The van der Waals surface area contributed by atoms with Gasteiger partial charge in [-0.3, -0.25) is 14.5 Å². The van der Waals surface area contributed by atoms with Gasteiger partial charge >= 0.3 is 5.97 Å². The van der Waals surface area contributed by atoms with E-state index in [0.717, 1.165) is 25.8 Å². The summed E-state index contributed by atoms with van der Waals surface area (Å²) in [4.78, 5) is 42.4. The summed E-state index contributed by atoms with van der Waals surface area (Å²) in [5, 5.41) is 3.04. The van der Waals surface area contributed by atoms with Gasteiger partial charge in [0.2, 0.25) is 11.8 Å². The fourth-order valence-corrected chi connectivity index (χ4v) is 3.96. The fraction of sp³-hybridized carbons (Fsp3) is 0.800. The second kappa shape index (κ2) is 13.0. The minimum Gasteiger partial charge on any atom is -0.463 e. The lowest BCUT2D eigenvalue weighted by atomic mass is 9.84. The van der Waals surface area contributed by atoms with Crippen LogP contribution in [-0.4, -0.2) is 73.0 Å². The van der Waals surface area contributed by atoms with Crippen LogP contribution in [0.3, 0.4) is 0 Å². The predicted molar refractivity (Wildman–Crippen MR) is 130 cm³/mol. The Labute approximate surface area is 195 Å². The molecule has 0 aliphatic carbocycles. The molecule has 7 nitrogen and oxygen atoms in total. The normalized spacial score (nSPS) is 19.6. The number of amides is 2. The highest BCUT2D eigenvalue weighted by Crippen LogP contribution is 2.25. The average molecular weight is 454 g/mol. The molecule has 0 aromatic heterocycles. The van der Waals surface area contributed by atoms with Crippen molar-refractivity contribution in [1.82, 2.24) is 15.1 Å². The summed E-state index contributed by atoms with van der Waals surface area (Å²) < 4.78 is 5.08. The number of rotatable bonds is 8. The van der Waals surface area contributed by atoms with Crippen molar-refractivity contribution < 1.29 is 19.1 Å². The van der Waals surface area contributed by atoms with E-state index in [2.05, 4.69) is 10.2 Å². The number of ether oxygens (including phenoxy) is 1. The van der Waals surface area contributed by atoms with E-state index in [4.69, 9.17) is 4.74 Å². The molecule has 0 radical (unpaired) electrons. The number of piperidine rings is 1. The van der Waals surface area contributed by atoms with E-state index in [0.29, 0.717) is 12.2 Å². The number of hydrogen-bond acceptors (Lipinski definition) is 5. The van der Waals surface area contributed by atoms with Gasteiger partial charge in [0.25, 0.3) is 0 Å². The summed E-state index contributed by atoms with van der Waals surface area (Å²) in [5.41, 5.74) is 0.00994. The maximum absolute atomic E-state index is 13.6. The van der Waals surface area contributed by atoms with Crippen LogP contribution in [0.15, 0.2) is 11.6 Å². The lowest BCUT2D eigenvalue weighted by Crippen LogP contribution is -2.59. The largest absolute Gasteiger partial charge is 0.463 e. The minimum atomic E-state index is -0.669. The molecule has 0 aromatic rings. The maximum atomic E-state index is 13.6. The van der Waals surface area contributed by atoms with Crippen LogP contribution in [0.2, 0.25) is 0 Å². The van der Waals surface area contributed by atoms with Crippen molar-refractivity contribution in [2.24, 2.45) is 11.3 Å². The molecule has 1 unspecified atom stereocenters. The molecule has 0 spiro atoms. The van der Waals surface area contributed by atoms with E-state index < -0.39 is 11.5 Å². The van der Waals surface area contributed by atoms with E-state index in [-0.39, 0.29) is 43.2 Å². The molecule has 32 heavy (non-hydrogen) atoms. The first-order valence-corrected chi connectivity index (χ1v) is 11.4. The Morgan fingerprint density at radius 1 is 1.22 bits per heavy atom. The second-order valence-corrected chi connectivity index (χ2v) is 10.1. The molecular weight excluding hydrogens is 406 g/mol. The van der Waals surface area contributed by atoms with Crippen LogP contribution in [-0.2, 0) is 19.1 Å². The highest BCUT2D eigenvalue weighted by molar-refractivity contribution is 5.91. The molecule has 186 valence electrons. The zero-order chi connectivity index (χ0) is 23.9. The first kappa shape index (κ1) is 30.1. The summed E-state index contributed by atoms with van der Waals surface area (Å²) in [6.45, 7) is 14.5. The van der Waals surface area contributed by atoms with Crippen LogP contribution in [0.1, 0.15) is 75.2 Å². The van der Waals surface area contributed by atoms with Gasteiger partial charge in [-0.15, -0.1) is 0 Å². The molecule has 1 saturated heterocycles. The lowest BCUT2D eigenvalue weighted by molar-refractivity contribution is -0.141. The third kappa shape index (κ3) is 8.23. The number of esters is 1. The van der Waals surface area contributed by atoms with Crippen LogP contribution in [0.25, 0.3) is 0 Å². The van der Waals surface area contributed by atoms with Crippen molar-refractivity contribution in [3.8, 4) is 0 Å². The second-order valence-electron chi connectivity index (χ2n) is 10.1. The van der Waals surface area contributed by atoms with Crippen LogP contribution in [0.4, 0.5) is 0 Å². The minimum absolute atomic E-state index is 0. The Bertz CT molecular complexity index is 667. The number of likely N-dealkylation sites (tertiary alicyclic amines) is 1. The third-order valence-corrected chi connectivity index (χ3v) is 5.97. The molecule has 0 aromatic carbocycles. The van der Waals surface area contributed by atoms with Crippen LogP contribution >= 0.6 is 0 Å². The molecule has 2 amide bonds. The predicted octanol–water partition coefficient (Wildman–Crippen LogP) is 3.63. The van der Waals surface area contributed by atoms with Crippen LogP contribution in [0.5, 0.6) is 0 Å². The first-order valence-electron chi connectivity index (χ1n) is 11.4. The zero-order valence-corrected chi connectivity index (χ0v) is 20.9. The first-order chi connectivity index (χ1) is 14.3. The molecule has 1 rings (SSSR count). The smallest absolute Gasteiger partial charge is 0.333 e. The number of nitrogens with one attached hydrogen (secondary N) is 1. The molecular formula is C25H47N3O4. The van der Waals surface area contributed by atoms with Crippen molar-refractivity contribution in [1.29, 1.82) is 0 Å². The van der Waals surface area contributed by atoms with Gasteiger partial charge in [-0.2, -0.15) is 0 Å². The molecule has 7 heteroatoms. The van der Waals surface area contributed by atoms with Crippen LogP contribution in [0, 0.1) is 11.3 Å². The lowest BCUT2D eigenvalue weighted by Gasteiger charge is -2.39. The highest BCUT2D eigenvalue weighted by Gasteiger charge is 2.39. The Morgan fingerprint density at radius 3 is 2.28 bits per heavy atom. The molecule has 1 aliphatic rings.